The molecule has 0 radical (unpaired) electrons. The number of hydrogen-bond acceptors (Lipinski definition) is 4. The molecule has 0 saturated heterocycles. The number of hydrogen-bond donors (Lipinski definition) is 1. The molecular weight excluding hydrogens is 206 g/mol. The van der Waals surface area contributed by atoms with E-state index < -0.39 is 0 Å². The highest BCUT2D eigenvalue weighted by Crippen LogP contribution is 2.19. The number of aromatic nitrogens is 2. The molecule has 1 N–H and O–H groups in total. The summed E-state index contributed by atoms with van der Waals surface area (Å²) in [6.07, 6.45) is 1.57. The maximum atomic E-state index is 11.8. The summed E-state index contributed by atoms with van der Waals surface area (Å²) in [7, 11) is 0. The summed E-state index contributed by atoms with van der Waals surface area (Å²) in [6.45, 7) is 3.51. The number of aryl methyl sites for hydroxylation is 2. The van der Waals surface area contributed by atoms with Crippen molar-refractivity contribution in [2.75, 3.05) is 5.32 Å². The van der Waals surface area contributed by atoms with Gasteiger partial charge in [-0.3, -0.25) is 9.78 Å². The Kier molecular flexibility index (Phi) is 2.68. The van der Waals surface area contributed by atoms with E-state index in [0.717, 1.165) is 0 Å². The van der Waals surface area contributed by atoms with Crippen LogP contribution in [0.2, 0.25) is 0 Å². The van der Waals surface area contributed by atoms with E-state index in [9.17, 15) is 4.79 Å². The molecule has 0 spiro atoms. The highest BCUT2D eigenvalue weighted by Gasteiger charge is 2.13. The summed E-state index contributed by atoms with van der Waals surface area (Å²) >= 11 is 0. The van der Waals surface area contributed by atoms with E-state index in [0.29, 0.717) is 22.8 Å². The second-order valence-electron chi connectivity index (χ2n) is 3.37. The molecule has 0 atom stereocenters. The van der Waals surface area contributed by atoms with E-state index >= 15 is 0 Å². The minimum atomic E-state index is -0.269. The van der Waals surface area contributed by atoms with Crippen molar-refractivity contribution in [3.8, 4) is 0 Å². The molecule has 2 heterocycles. The first-order chi connectivity index (χ1) is 7.68. The molecule has 1 amide bonds. The summed E-state index contributed by atoms with van der Waals surface area (Å²) in [5.41, 5.74) is 1.62. The quantitative estimate of drug-likeness (QED) is 0.834. The van der Waals surface area contributed by atoms with Crippen molar-refractivity contribution in [2.45, 2.75) is 13.8 Å². The SMILES string of the molecule is Cc1noc(C)c1NC(=O)c1ccccn1. The lowest BCUT2D eigenvalue weighted by atomic mass is 10.3. The van der Waals surface area contributed by atoms with Gasteiger partial charge in [-0.2, -0.15) is 0 Å². The first-order valence-electron chi connectivity index (χ1n) is 4.83. The Balaban J connectivity index is 2.21. The minimum Gasteiger partial charge on any atom is -0.359 e. The summed E-state index contributed by atoms with van der Waals surface area (Å²) < 4.78 is 4.95. The van der Waals surface area contributed by atoms with Crippen LogP contribution in [0.15, 0.2) is 28.9 Å². The standard InChI is InChI=1S/C11H11N3O2/c1-7-10(8(2)16-14-7)13-11(15)9-5-3-4-6-12-9/h3-6H,1-2H3,(H,13,15). The van der Waals surface area contributed by atoms with Gasteiger partial charge in [0.05, 0.1) is 0 Å². The van der Waals surface area contributed by atoms with Crippen molar-refractivity contribution in [3.05, 3.63) is 41.5 Å². The molecule has 0 aromatic carbocycles. The Morgan fingerprint density at radius 2 is 2.19 bits per heavy atom. The Hall–Kier alpha value is -2.17. The van der Waals surface area contributed by atoms with E-state index in [-0.39, 0.29) is 5.91 Å². The number of nitrogens with zero attached hydrogens (tertiary/aromatic N) is 2. The van der Waals surface area contributed by atoms with Crippen LogP contribution in [-0.4, -0.2) is 16.0 Å². The third-order valence-electron chi connectivity index (χ3n) is 2.17. The average Bonchev–Trinajstić information content (AvgIpc) is 2.62. The van der Waals surface area contributed by atoms with Crippen LogP contribution in [0.1, 0.15) is 21.9 Å². The Morgan fingerprint density at radius 3 is 2.75 bits per heavy atom. The van der Waals surface area contributed by atoms with Crippen LogP contribution in [0.5, 0.6) is 0 Å². The lowest BCUT2D eigenvalue weighted by Gasteiger charge is -2.02. The molecule has 2 aromatic rings. The molecule has 0 saturated carbocycles. The fourth-order valence-corrected chi connectivity index (χ4v) is 1.34. The zero-order valence-electron chi connectivity index (χ0n) is 9.02. The maximum Gasteiger partial charge on any atom is 0.274 e. The molecule has 5 heteroatoms. The Labute approximate surface area is 92.5 Å². The molecule has 0 aliphatic carbocycles. The molecule has 0 bridgehead atoms. The van der Waals surface area contributed by atoms with Gasteiger partial charge >= 0.3 is 0 Å². The second kappa shape index (κ2) is 4.14. The number of carbonyl (C=O) groups excluding carboxylic acids is 1. The number of nitrogens with one attached hydrogen (secondary N) is 1. The van der Waals surface area contributed by atoms with Crippen LogP contribution in [0.3, 0.4) is 0 Å². The predicted molar refractivity (Wildman–Crippen MR) is 58.2 cm³/mol. The zero-order valence-corrected chi connectivity index (χ0v) is 9.02. The van der Waals surface area contributed by atoms with Crippen LogP contribution in [0.4, 0.5) is 5.69 Å². The minimum absolute atomic E-state index is 0.269. The third kappa shape index (κ3) is 1.93. The Bertz CT molecular complexity index is 486. The van der Waals surface area contributed by atoms with Gasteiger partial charge < -0.3 is 9.84 Å². The molecule has 0 aliphatic heterocycles. The fourth-order valence-electron chi connectivity index (χ4n) is 1.34. The number of anilines is 1. The van der Waals surface area contributed by atoms with Crippen molar-refractivity contribution >= 4 is 11.6 Å². The molecule has 16 heavy (non-hydrogen) atoms. The summed E-state index contributed by atoms with van der Waals surface area (Å²) in [5.74, 6) is 0.316. The topological polar surface area (TPSA) is 68.0 Å². The molecule has 82 valence electrons. The highest BCUT2D eigenvalue weighted by molar-refractivity contribution is 6.03. The van der Waals surface area contributed by atoms with E-state index in [1.165, 1.54) is 0 Å². The van der Waals surface area contributed by atoms with Gasteiger partial charge in [0.25, 0.3) is 5.91 Å². The molecule has 0 aliphatic rings. The Morgan fingerprint density at radius 1 is 1.38 bits per heavy atom. The first-order valence-corrected chi connectivity index (χ1v) is 4.83. The molecule has 0 fully saturated rings. The largest absolute Gasteiger partial charge is 0.359 e. The van der Waals surface area contributed by atoms with Crippen molar-refractivity contribution < 1.29 is 9.32 Å². The van der Waals surface area contributed by atoms with Gasteiger partial charge in [-0.15, -0.1) is 0 Å². The van der Waals surface area contributed by atoms with Crippen molar-refractivity contribution in [1.82, 2.24) is 10.1 Å². The molecule has 2 rings (SSSR count). The van der Waals surface area contributed by atoms with Gasteiger partial charge in [-0.05, 0) is 26.0 Å². The smallest absolute Gasteiger partial charge is 0.274 e. The van der Waals surface area contributed by atoms with Gasteiger partial charge in [0.15, 0.2) is 5.76 Å². The van der Waals surface area contributed by atoms with Crippen molar-refractivity contribution in [1.29, 1.82) is 0 Å². The third-order valence-corrected chi connectivity index (χ3v) is 2.17. The number of amides is 1. The average molecular weight is 217 g/mol. The van der Waals surface area contributed by atoms with Gasteiger partial charge in [0.1, 0.15) is 17.1 Å². The lowest BCUT2D eigenvalue weighted by Crippen LogP contribution is -2.14. The molecule has 5 nitrogen and oxygen atoms in total. The van der Waals surface area contributed by atoms with E-state index in [4.69, 9.17) is 4.52 Å². The fraction of sp³-hybridized carbons (Fsp3) is 0.182. The highest BCUT2D eigenvalue weighted by atomic mass is 16.5. The number of carbonyl (C=O) groups is 1. The second-order valence-corrected chi connectivity index (χ2v) is 3.37. The molecular formula is C11H11N3O2. The van der Waals surface area contributed by atoms with Crippen LogP contribution in [0, 0.1) is 13.8 Å². The predicted octanol–water partition coefficient (Wildman–Crippen LogP) is 1.94. The van der Waals surface area contributed by atoms with Crippen LogP contribution < -0.4 is 5.32 Å². The summed E-state index contributed by atoms with van der Waals surface area (Å²) in [4.78, 5) is 15.7. The van der Waals surface area contributed by atoms with Crippen LogP contribution in [-0.2, 0) is 0 Å². The summed E-state index contributed by atoms with van der Waals surface area (Å²) in [5, 5.41) is 6.47. The number of pyridine rings is 1. The molecule has 0 unspecified atom stereocenters. The van der Waals surface area contributed by atoms with Gasteiger partial charge in [0, 0.05) is 6.20 Å². The normalized spacial score (nSPS) is 10.1. The first kappa shape index (κ1) is 10.4. The van der Waals surface area contributed by atoms with E-state index in [1.54, 1.807) is 38.2 Å². The van der Waals surface area contributed by atoms with E-state index in [1.807, 2.05) is 0 Å². The van der Waals surface area contributed by atoms with Gasteiger partial charge in [-0.25, -0.2) is 0 Å². The van der Waals surface area contributed by atoms with Crippen molar-refractivity contribution in [3.63, 3.8) is 0 Å². The lowest BCUT2D eigenvalue weighted by molar-refractivity contribution is 0.102. The summed E-state index contributed by atoms with van der Waals surface area (Å²) in [6, 6.07) is 5.16. The van der Waals surface area contributed by atoms with Gasteiger partial charge in [-0.1, -0.05) is 11.2 Å². The van der Waals surface area contributed by atoms with Gasteiger partial charge in [0.2, 0.25) is 0 Å². The maximum absolute atomic E-state index is 11.8. The number of rotatable bonds is 2. The molecule has 2 aromatic heterocycles. The van der Waals surface area contributed by atoms with Crippen LogP contribution >= 0.6 is 0 Å². The monoisotopic (exact) mass is 217 g/mol. The van der Waals surface area contributed by atoms with Crippen molar-refractivity contribution in [2.24, 2.45) is 0 Å². The van der Waals surface area contributed by atoms with E-state index in [2.05, 4.69) is 15.5 Å². The van der Waals surface area contributed by atoms with Crippen LogP contribution in [0.25, 0.3) is 0 Å². The zero-order chi connectivity index (χ0) is 11.5.